The Morgan fingerprint density at radius 1 is 1.00 bits per heavy atom. The quantitative estimate of drug-likeness (QED) is 0.485. The highest BCUT2D eigenvalue weighted by molar-refractivity contribution is 5.76. The first-order valence-electron chi connectivity index (χ1n) is 7.23. The van der Waals surface area contributed by atoms with Gasteiger partial charge in [-0.3, -0.25) is 4.79 Å². The van der Waals surface area contributed by atoms with Gasteiger partial charge in [0, 0.05) is 19.5 Å². The second-order valence-electron chi connectivity index (χ2n) is 5.04. The van der Waals surface area contributed by atoms with Crippen molar-refractivity contribution in [2.24, 2.45) is 0 Å². The fourth-order valence-electron chi connectivity index (χ4n) is 2.40. The Morgan fingerprint density at radius 2 is 1.65 bits per heavy atom. The van der Waals surface area contributed by atoms with E-state index in [2.05, 4.69) is 11.5 Å². The monoisotopic (exact) mass is 237 g/mol. The summed E-state index contributed by atoms with van der Waals surface area (Å²) in [6.07, 6.45) is 13.5. The summed E-state index contributed by atoms with van der Waals surface area (Å²) in [7, 11) is 0. The van der Waals surface area contributed by atoms with Gasteiger partial charge >= 0.3 is 0 Å². The molecule has 17 heavy (non-hydrogen) atoms. The second kappa shape index (κ2) is 9.26. The first-order chi connectivity index (χ1) is 8.34. The minimum absolute atomic E-state index is 0.385. The van der Waals surface area contributed by atoms with Crippen molar-refractivity contribution in [3.05, 3.63) is 12.7 Å². The summed E-state index contributed by atoms with van der Waals surface area (Å²) >= 11 is 0. The maximum atomic E-state index is 11.9. The summed E-state index contributed by atoms with van der Waals surface area (Å²) < 4.78 is 0. The van der Waals surface area contributed by atoms with E-state index in [4.69, 9.17) is 0 Å². The molecule has 0 N–H and O–H groups in total. The molecule has 0 unspecified atom stereocenters. The van der Waals surface area contributed by atoms with Crippen LogP contribution in [0.5, 0.6) is 0 Å². The number of hydrogen-bond acceptors (Lipinski definition) is 1. The SMILES string of the molecule is C=CCCCCCCC(=O)N1CCCCCC1. The van der Waals surface area contributed by atoms with Crippen molar-refractivity contribution in [2.45, 2.75) is 64.2 Å². The molecule has 0 aromatic heterocycles. The van der Waals surface area contributed by atoms with E-state index in [-0.39, 0.29) is 0 Å². The summed E-state index contributed by atoms with van der Waals surface area (Å²) in [5.74, 6) is 0.385. The lowest BCUT2D eigenvalue weighted by atomic mass is 10.1. The standard InChI is InChI=1S/C15H27NO/c1-2-3-4-5-6-9-12-15(17)16-13-10-7-8-11-14-16/h2H,1,3-14H2. The van der Waals surface area contributed by atoms with Gasteiger partial charge in [0.1, 0.15) is 0 Å². The van der Waals surface area contributed by atoms with Crippen LogP contribution < -0.4 is 0 Å². The predicted molar refractivity (Wildman–Crippen MR) is 72.9 cm³/mol. The lowest BCUT2D eigenvalue weighted by molar-refractivity contribution is -0.131. The molecule has 1 aliphatic heterocycles. The van der Waals surface area contributed by atoms with E-state index in [0.29, 0.717) is 5.91 Å². The average molecular weight is 237 g/mol. The molecule has 2 nitrogen and oxygen atoms in total. The first kappa shape index (κ1) is 14.3. The summed E-state index contributed by atoms with van der Waals surface area (Å²) in [5, 5.41) is 0. The smallest absolute Gasteiger partial charge is 0.222 e. The molecule has 1 saturated heterocycles. The second-order valence-corrected chi connectivity index (χ2v) is 5.04. The third kappa shape index (κ3) is 6.50. The number of carbonyl (C=O) groups is 1. The molecule has 98 valence electrons. The van der Waals surface area contributed by atoms with Crippen molar-refractivity contribution in [3.63, 3.8) is 0 Å². The van der Waals surface area contributed by atoms with Gasteiger partial charge in [-0.2, -0.15) is 0 Å². The van der Waals surface area contributed by atoms with E-state index in [1.807, 2.05) is 6.08 Å². The van der Waals surface area contributed by atoms with E-state index < -0.39 is 0 Å². The van der Waals surface area contributed by atoms with Gasteiger partial charge in [0.25, 0.3) is 0 Å². The van der Waals surface area contributed by atoms with Gasteiger partial charge in [0.15, 0.2) is 0 Å². The molecule has 0 atom stereocenters. The van der Waals surface area contributed by atoms with Gasteiger partial charge < -0.3 is 4.90 Å². The topological polar surface area (TPSA) is 20.3 Å². The van der Waals surface area contributed by atoms with E-state index in [1.165, 1.54) is 44.9 Å². The van der Waals surface area contributed by atoms with Crippen molar-refractivity contribution in [1.82, 2.24) is 4.90 Å². The van der Waals surface area contributed by atoms with Crippen LogP contribution in [0.3, 0.4) is 0 Å². The van der Waals surface area contributed by atoms with Crippen LogP contribution in [0, 0.1) is 0 Å². The van der Waals surface area contributed by atoms with Crippen LogP contribution in [0.15, 0.2) is 12.7 Å². The number of unbranched alkanes of at least 4 members (excludes halogenated alkanes) is 4. The van der Waals surface area contributed by atoms with Crippen LogP contribution in [-0.4, -0.2) is 23.9 Å². The Labute approximate surface area is 106 Å². The van der Waals surface area contributed by atoms with E-state index in [9.17, 15) is 4.79 Å². The zero-order valence-electron chi connectivity index (χ0n) is 11.1. The molecule has 0 bridgehead atoms. The normalized spacial score (nSPS) is 16.6. The fraction of sp³-hybridized carbons (Fsp3) is 0.800. The van der Waals surface area contributed by atoms with Crippen LogP contribution in [0.4, 0.5) is 0 Å². The first-order valence-corrected chi connectivity index (χ1v) is 7.23. The van der Waals surface area contributed by atoms with Gasteiger partial charge in [-0.25, -0.2) is 0 Å². The number of likely N-dealkylation sites (tertiary alicyclic amines) is 1. The van der Waals surface area contributed by atoms with Crippen LogP contribution in [0.25, 0.3) is 0 Å². The number of nitrogens with zero attached hydrogens (tertiary/aromatic N) is 1. The van der Waals surface area contributed by atoms with Crippen LogP contribution in [0.2, 0.25) is 0 Å². The van der Waals surface area contributed by atoms with Gasteiger partial charge in [0.2, 0.25) is 5.91 Å². The Balaban J connectivity index is 2.05. The average Bonchev–Trinajstić information content (AvgIpc) is 2.62. The largest absolute Gasteiger partial charge is 0.343 e. The van der Waals surface area contributed by atoms with Crippen LogP contribution >= 0.6 is 0 Å². The molecule has 0 aromatic carbocycles. The molecule has 1 fully saturated rings. The summed E-state index contributed by atoms with van der Waals surface area (Å²) in [6, 6.07) is 0. The summed E-state index contributed by atoms with van der Waals surface area (Å²) in [6.45, 7) is 5.71. The lowest BCUT2D eigenvalue weighted by Gasteiger charge is -2.20. The molecular weight excluding hydrogens is 210 g/mol. The minimum atomic E-state index is 0.385. The number of allylic oxidation sites excluding steroid dienone is 1. The van der Waals surface area contributed by atoms with Gasteiger partial charge in [-0.15, -0.1) is 6.58 Å². The van der Waals surface area contributed by atoms with Crippen molar-refractivity contribution >= 4 is 5.91 Å². The Kier molecular flexibility index (Phi) is 7.78. The molecule has 2 heteroatoms. The maximum Gasteiger partial charge on any atom is 0.222 e. The number of rotatable bonds is 7. The predicted octanol–water partition coefficient (Wildman–Crippen LogP) is 3.92. The molecule has 1 amide bonds. The van der Waals surface area contributed by atoms with Crippen molar-refractivity contribution in [1.29, 1.82) is 0 Å². The Hall–Kier alpha value is -0.790. The minimum Gasteiger partial charge on any atom is -0.343 e. The molecular formula is C15H27NO. The molecule has 1 aliphatic rings. The van der Waals surface area contributed by atoms with Crippen molar-refractivity contribution < 1.29 is 4.79 Å². The Morgan fingerprint density at radius 3 is 2.29 bits per heavy atom. The van der Waals surface area contributed by atoms with Crippen molar-refractivity contribution in [2.75, 3.05) is 13.1 Å². The van der Waals surface area contributed by atoms with Gasteiger partial charge in [-0.05, 0) is 32.1 Å². The van der Waals surface area contributed by atoms with Gasteiger partial charge in [0.05, 0.1) is 0 Å². The molecule has 0 aromatic rings. The van der Waals surface area contributed by atoms with Crippen LogP contribution in [-0.2, 0) is 4.79 Å². The van der Waals surface area contributed by atoms with E-state index in [0.717, 1.165) is 32.4 Å². The molecule has 1 heterocycles. The third-order valence-corrected chi connectivity index (χ3v) is 3.51. The van der Waals surface area contributed by atoms with Crippen LogP contribution in [0.1, 0.15) is 64.2 Å². The maximum absolute atomic E-state index is 11.9. The van der Waals surface area contributed by atoms with Crippen molar-refractivity contribution in [3.8, 4) is 0 Å². The summed E-state index contributed by atoms with van der Waals surface area (Å²) in [5.41, 5.74) is 0. The molecule has 0 radical (unpaired) electrons. The number of carbonyl (C=O) groups excluding carboxylic acids is 1. The number of amides is 1. The molecule has 0 saturated carbocycles. The van der Waals surface area contributed by atoms with E-state index in [1.54, 1.807) is 0 Å². The lowest BCUT2D eigenvalue weighted by Crippen LogP contribution is -2.31. The zero-order valence-corrected chi connectivity index (χ0v) is 11.1. The number of hydrogen-bond donors (Lipinski definition) is 0. The van der Waals surface area contributed by atoms with E-state index >= 15 is 0 Å². The fourth-order valence-corrected chi connectivity index (χ4v) is 2.40. The highest BCUT2D eigenvalue weighted by atomic mass is 16.2. The summed E-state index contributed by atoms with van der Waals surface area (Å²) in [4.78, 5) is 14.0. The highest BCUT2D eigenvalue weighted by Crippen LogP contribution is 2.12. The molecule has 0 aliphatic carbocycles. The van der Waals surface area contributed by atoms with Gasteiger partial charge in [-0.1, -0.05) is 31.8 Å². The highest BCUT2D eigenvalue weighted by Gasteiger charge is 2.14. The molecule has 1 rings (SSSR count). The molecule has 0 spiro atoms. The zero-order chi connectivity index (χ0) is 12.3. The Bertz CT molecular complexity index is 217. The third-order valence-electron chi connectivity index (χ3n) is 3.51.